The third kappa shape index (κ3) is 4.70. The van der Waals surface area contributed by atoms with Crippen molar-refractivity contribution in [3.05, 3.63) is 102 Å². The summed E-state index contributed by atoms with van der Waals surface area (Å²) in [6, 6.07) is 15.4. The van der Waals surface area contributed by atoms with Crippen molar-refractivity contribution >= 4 is 17.5 Å². The Morgan fingerprint density at radius 2 is 1.80 bits per heavy atom. The van der Waals surface area contributed by atoms with Crippen LogP contribution in [0.5, 0.6) is 0 Å². The summed E-state index contributed by atoms with van der Waals surface area (Å²) >= 11 is 0. The van der Waals surface area contributed by atoms with E-state index in [0.29, 0.717) is 11.5 Å². The summed E-state index contributed by atoms with van der Waals surface area (Å²) in [5, 5.41) is 6.95. The number of pyridine rings is 1. The topological polar surface area (TPSA) is 107 Å². The van der Waals surface area contributed by atoms with E-state index >= 15 is 0 Å². The van der Waals surface area contributed by atoms with Crippen LogP contribution in [0.4, 0.5) is 0 Å². The molecule has 5 rings (SSSR count). The summed E-state index contributed by atoms with van der Waals surface area (Å²) in [6.45, 7) is 2.20. The first-order valence-electron chi connectivity index (χ1n) is 11.1. The SMILES string of the molecule is Cc1ccc(CNC(=O)c2cnn(C)c2C(=O)Cc2ccn3cc(-c4ccccc4)nc3n2)nc1. The Kier molecular flexibility index (Phi) is 5.88. The van der Waals surface area contributed by atoms with Gasteiger partial charge in [0.05, 0.1) is 41.8 Å². The molecule has 0 saturated carbocycles. The lowest BCUT2D eigenvalue weighted by molar-refractivity contribution is 0.0928. The smallest absolute Gasteiger partial charge is 0.255 e. The summed E-state index contributed by atoms with van der Waals surface area (Å²) in [6.07, 6.45) is 6.89. The third-order valence-corrected chi connectivity index (χ3v) is 5.65. The molecule has 174 valence electrons. The monoisotopic (exact) mass is 465 g/mol. The molecular weight excluding hydrogens is 442 g/mol. The average molecular weight is 466 g/mol. The Bertz CT molecular complexity index is 1520. The summed E-state index contributed by atoms with van der Waals surface area (Å²) in [7, 11) is 1.64. The number of nitrogens with one attached hydrogen (secondary N) is 1. The fourth-order valence-electron chi connectivity index (χ4n) is 3.81. The molecule has 0 atom stereocenters. The van der Waals surface area contributed by atoms with Gasteiger partial charge < -0.3 is 5.32 Å². The van der Waals surface area contributed by atoms with Gasteiger partial charge in [-0.3, -0.25) is 23.7 Å². The molecule has 0 fully saturated rings. The number of fused-ring (bicyclic) bond motifs is 1. The van der Waals surface area contributed by atoms with Crippen LogP contribution in [0, 0.1) is 6.92 Å². The Labute approximate surface area is 201 Å². The second-order valence-corrected chi connectivity index (χ2v) is 8.26. The van der Waals surface area contributed by atoms with Crippen LogP contribution in [0.25, 0.3) is 17.0 Å². The van der Waals surface area contributed by atoms with Gasteiger partial charge in [0.2, 0.25) is 5.78 Å². The highest BCUT2D eigenvalue weighted by molar-refractivity contribution is 6.07. The average Bonchev–Trinajstić information content (AvgIpc) is 3.47. The predicted molar refractivity (Wildman–Crippen MR) is 130 cm³/mol. The zero-order valence-corrected chi connectivity index (χ0v) is 19.3. The molecule has 4 heterocycles. The fraction of sp³-hybridized carbons (Fsp3) is 0.154. The van der Waals surface area contributed by atoms with Crippen molar-refractivity contribution in [1.82, 2.24) is 34.4 Å². The number of Topliss-reactive ketones (excluding diaryl/α,β-unsaturated/α-hetero) is 1. The first-order valence-corrected chi connectivity index (χ1v) is 11.1. The van der Waals surface area contributed by atoms with E-state index in [4.69, 9.17) is 0 Å². The molecular formula is C26H23N7O2. The molecule has 9 heteroatoms. The molecule has 0 unspecified atom stereocenters. The molecule has 9 nitrogen and oxygen atoms in total. The Morgan fingerprint density at radius 3 is 2.57 bits per heavy atom. The molecule has 4 aromatic heterocycles. The number of carbonyl (C=O) groups excluding carboxylic acids is 2. The van der Waals surface area contributed by atoms with E-state index in [1.54, 1.807) is 19.3 Å². The standard InChI is InChI=1S/C26H23N7O2/c1-17-8-9-20(27-13-17)14-28-25(35)21-15-29-32(2)24(21)23(34)12-19-10-11-33-16-22(31-26(33)30-19)18-6-4-3-5-7-18/h3-11,13,15-16H,12,14H2,1-2H3,(H,28,35). The van der Waals surface area contributed by atoms with Crippen LogP contribution in [0.1, 0.15) is 37.8 Å². The van der Waals surface area contributed by atoms with Crippen LogP contribution in [-0.4, -0.2) is 40.8 Å². The zero-order valence-electron chi connectivity index (χ0n) is 19.3. The second kappa shape index (κ2) is 9.30. The lowest BCUT2D eigenvalue weighted by atomic mass is 10.1. The van der Waals surface area contributed by atoms with Crippen molar-refractivity contribution in [2.24, 2.45) is 7.05 Å². The molecule has 0 radical (unpaired) electrons. The summed E-state index contributed by atoms with van der Waals surface area (Å²) < 4.78 is 3.24. The number of aryl methyl sites for hydroxylation is 2. The number of aromatic nitrogens is 6. The number of ketones is 1. The van der Waals surface area contributed by atoms with Gasteiger partial charge >= 0.3 is 0 Å². The molecule has 1 amide bonds. The normalized spacial score (nSPS) is 11.0. The molecule has 0 bridgehead atoms. The van der Waals surface area contributed by atoms with Crippen LogP contribution in [-0.2, 0) is 20.0 Å². The molecule has 5 aromatic rings. The van der Waals surface area contributed by atoms with Crippen molar-refractivity contribution in [3.63, 3.8) is 0 Å². The first kappa shape index (κ1) is 22.1. The first-order chi connectivity index (χ1) is 17.0. The van der Waals surface area contributed by atoms with Gasteiger partial charge in [-0.1, -0.05) is 36.4 Å². The highest BCUT2D eigenvalue weighted by atomic mass is 16.2. The van der Waals surface area contributed by atoms with Crippen LogP contribution >= 0.6 is 0 Å². The van der Waals surface area contributed by atoms with Gasteiger partial charge in [-0.05, 0) is 24.6 Å². The van der Waals surface area contributed by atoms with Gasteiger partial charge in [-0.25, -0.2) is 9.97 Å². The largest absolute Gasteiger partial charge is 0.346 e. The van der Waals surface area contributed by atoms with E-state index in [0.717, 1.165) is 22.5 Å². The number of imidazole rings is 1. The highest BCUT2D eigenvalue weighted by Gasteiger charge is 2.23. The minimum Gasteiger partial charge on any atom is -0.346 e. The van der Waals surface area contributed by atoms with Crippen molar-refractivity contribution in [3.8, 4) is 11.3 Å². The number of hydrogen-bond acceptors (Lipinski definition) is 6. The maximum atomic E-state index is 13.2. The van der Waals surface area contributed by atoms with Crippen LogP contribution < -0.4 is 5.32 Å². The van der Waals surface area contributed by atoms with Crippen molar-refractivity contribution < 1.29 is 9.59 Å². The molecule has 1 aromatic carbocycles. The lowest BCUT2D eigenvalue weighted by Crippen LogP contribution is -2.25. The van der Waals surface area contributed by atoms with Crippen molar-refractivity contribution in [2.45, 2.75) is 19.9 Å². The van der Waals surface area contributed by atoms with E-state index in [1.807, 2.05) is 66.2 Å². The maximum absolute atomic E-state index is 13.2. The number of rotatable bonds is 7. The molecule has 0 aliphatic carbocycles. The third-order valence-electron chi connectivity index (χ3n) is 5.65. The summed E-state index contributed by atoms with van der Waals surface area (Å²) in [5.74, 6) is -0.133. The van der Waals surface area contributed by atoms with Gasteiger partial charge in [-0.2, -0.15) is 5.10 Å². The minimum atomic E-state index is -0.381. The molecule has 35 heavy (non-hydrogen) atoms. The number of hydrogen-bond donors (Lipinski definition) is 1. The highest BCUT2D eigenvalue weighted by Crippen LogP contribution is 2.19. The predicted octanol–water partition coefficient (Wildman–Crippen LogP) is 3.19. The van der Waals surface area contributed by atoms with E-state index in [-0.39, 0.29) is 35.9 Å². The van der Waals surface area contributed by atoms with Gasteiger partial charge in [0.25, 0.3) is 5.91 Å². The molecule has 0 aliphatic rings. The van der Waals surface area contributed by atoms with E-state index in [2.05, 4.69) is 25.4 Å². The van der Waals surface area contributed by atoms with E-state index < -0.39 is 0 Å². The van der Waals surface area contributed by atoms with Gasteiger partial charge in [0.1, 0.15) is 5.69 Å². The molecule has 0 saturated heterocycles. The number of carbonyl (C=O) groups is 2. The van der Waals surface area contributed by atoms with Crippen LogP contribution in [0.15, 0.2) is 73.3 Å². The molecule has 0 aliphatic heterocycles. The summed E-state index contributed by atoms with van der Waals surface area (Å²) in [4.78, 5) is 39.4. The van der Waals surface area contributed by atoms with Crippen LogP contribution in [0.3, 0.4) is 0 Å². The molecule has 1 N–H and O–H groups in total. The van der Waals surface area contributed by atoms with Crippen LogP contribution in [0.2, 0.25) is 0 Å². The second-order valence-electron chi connectivity index (χ2n) is 8.26. The quantitative estimate of drug-likeness (QED) is 0.370. The Hall–Kier alpha value is -4.66. The van der Waals surface area contributed by atoms with Gasteiger partial charge in [-0.15, -0.1) is 0 Å². The number of amides is 1. The van der Waals surface area contributed by atoms with E-state index in [1.165, 1.54) is 10.9 Å². The lowest BCUT2D eigenvalue weighted by Gasteiger charge is -2.07. The Morgan fingerprint density at radius 1 is 0.971 bits per heavy atom. The number of nitrogens with zero attached hydrogens (tertiary/aromatic N) is 6. The minimum absolute atomic E-state index is 0.0172. The molecule has 0 spiro atoms. The van der Waals surface area contributed by atoms with Gasteiger partial charge in [0, 0.05) is 31.2 Å². The van der Waals surface area contributed by atoms with E-state index in [9.17, 15) is 9.59 Å². The number of benzene rings is 1. The van der Waals surface area contributed by atoms with Crippen molar-refractivity contribution in [2.75, 3.05) is 0 Å². The fourth-order valence-corrected chi connectivity index (χ4v) is 3.81. The summed E-state index contributed by atoms with van der Waals surface area (Å²) in [5.41, 5.74) is 4.57. The van der Waals surface area contributed by atoms with Crippen molar-refractivity contribution in [1.29, 1.82) is 0 Å². The Balaban J connectivity index is 1.33. The maximum Gasteiger partial charge on any atom is 0.255 e. The zero-order chi connectivity index (χ0) is 24.4. The van der Waals surface area contributed by atoms with Gasteiger partial charge in [0.15, 0.2) is 5.78 Å².